The summed E-state index contributed by atoms with van der Waals surface area (Å²) < 4.78 is 33.6. The molecule has 134 valence electrons. The van der Waals surface area contributed by atoms with E-state index in [0.717, 1.165) is 38.6 Å². The van der Waals surface area contributed by atoms with Crippen molar-refractivity contribution in [1.82, 2.24) is 10.6 Å². The summed E-state index contributed by atoms with van der Waals surface area (Å²) in [4.78, 5) is 4.18. The van der Waals surface area contributed by atoms with Crippen molar-refractivity contribution < 1.29 is 13.5 Å². The Morgan fingerprint density at radius 1 is 1.21 bits per heavy atom. The fourth-order valence-corrected chi connectivity index (χ4v) is 3.47. The molecular formula is C18H27F2N3O. The minimum Gasteiger partial charge on any atom is -0.385 e. The topological polar surface area (TPSA) is 45.7 Å². The smallest absolute Gasteiger partial charge is 0.191 e. The van der Waals surface area contributed by atoms with Crippen molar-refractivity contribution in [1.29, 1.82) is 0 Å². The molecule has 0 unspecified atom stereocenters. The number of halogens is 2. The molecule has 0 aromatic heterocycles. The van der Waals surface area contributed by atoms with Crippen LogP contribution in [0.3, 0.4) is 0 Å². The number of ether oxygens (including phenoxy) is 1. The number of rotatable bonds is 7. The fraction of sp³-hybridized carbons (Fsp3) is 0.611. The molecular weight excluding hydrogens is 312 g/mol. The van der Waals surface area contributed by atoms with E-state index in [1.54, 1.807) is 14.2 Å². The minimum atomic E-state index is -0.514. The van der Waals surface area contributed by atoms with Crippen LogP contribution in [0, 0.1) is 11.6 Å². The molecule has 24 heavy (non-hydrogen) atoms. The SMILES string of the molecule is CN=C(NCCCOC)NCC1(c2c(F)cccc2F)CCCC1. The van der Waals surface area contributed by atoms with E-state index >= 15 is 0 Å². The highest BCUT2D eigenvalue weighted by atomic mass is 19.1. The summed E-state index contributed by atoms with van der Waals surface area (Å²) in [5.74, 6) is -0.266. The molecule has 0 amide bonds. The molecule has 2 rings (SSSR count). The van der Waals surface area contributed by atoms with Gasteiger partial charge in [-0.1, -0.05) is 18.9 Å². The number of guanidine groups is 1. The molecule has 6 heteroatoms. The van der Waals surface area contributed by atoms with Gasteiger partial charge in [-0.25, -0.2) is 8.78 Å². The highest BCUT2D eigenvalue weighted by Gasteiger charge is 2.39. The van der Waals surface area contributed by atoms with E-state index in [1.807, 2.05) is 0 Å². The van der Waals surface area contributed by atoms with E-state index in [-0.39, 0.29) is 5.56 Å². The second kappa shape index (κ2) is 8.97. The summed E-state index contributed by atoms with van der Waals surface area (Å²) in [6.45, 7) is 1.87. The van der Waals surface area contributed by atoms with Gasteiger partial charge in [0, 0.05) is 44.8 Å². The molecule has 2 N–H and O–H groups in total. The van der Waals surface area contributed by atoms with Crippen LogP contribution in [-0.4, -0.2) is 39.8 Å². The molecule has 1 aliphatic carbocycles. The zero-order valence-electron chi connectivity index (χ0n) is 14.5. The van der Waals surface area contributed by atoms with Gasteiger partial charge in [0.1, 0.15) is 11.6 Å². The van der Waals surface area contributed by atoms with Crippen molar-refractivity contribution in [3.05, 3.63) is 35.4 Å². The minimum absolute atomic E-state index is 0.213. The summed E-state index contributed by atoms with van der Waals surface area (Å²) in [7, 11) is 3.36. The zero-order chi connectivity index (χ0) is 17.4. The van der Waals surface area contributed by atoms with Crippen LogP contribution >= 0.6 is 0 Å². The highest BCUT2D eigenvalue weighted by molar-refractivity contribution is 5.79. The van der Waals surface area contributed by atoms with E-state index < -0.39 is 17.0 Å². The Morgan fingerprint density at radius 2 is 1.88 bits per heavy atom. The molecule has 4 nitrogen and oxygen atoms in total. The third kappa shape index (κ3) is 4.44. The van der Waals surface area contributed by atoms with Gasteiger partial charge in [0.15, 0.2) is 5.96 Å². The van der Waals surface area contributed by atoms with Crippen LogP contribution in [0.25, 0.3) is 0 Å². The first-order chi connectivity index (χ1) is 11.6. The van der Waals surface area contributed by atoms with Gasteiger partial charge >= 0.3 is 0 Å². The van der Waals surface area contributed by atoms with Gasteiger partial charge in [0.2, 0.25) is 0 Å². The Balaban J connectivity index is 2.06. The maximum absolute atomic E-state index is 14.3. The molecule has 1 aromatic rings. The standard InChI is InChI=1S/C18H27F2N3O/c1-21-17(22-11-6-12-24-2)23-13-18(9-3-4-10-18)16-14(19)7-5-8-15(16)20/h5,7-8H,3-4,6,9-13H2,1-2H3,(H2,21,22,23). The summed E-state index contributed by atoms with van der Waals surface area (Å²) in [6.07, 6.45) is 4.38. The summed E-state index contributed by atoms with van der Waals surface area (Å²) in [5.41, 5.74) is -0.301. The Hall–Kier alpha value is -1.69. The molecule has 0 aliphatic heterocycles. The van der Waals surface area contributed by atoms with Crippen LogP contribution in [0.1, 0.15) is 37.7 Å². The lowest BCUT2D eigenvalue weighted by atomic mass is 9.78. The molecule has 0 spiro atoms. The zero-order valence-corrected chi connectivity index (χ0v) is 14.5. The molecule has 0 atom stereocenters. The van der Waals surface area contributed by atoms with Crippen molar-refractivity contribution in [2.75, 3.05) is 33.9 Å². The lowest BCUT2D eigenvalue weighted by Gasteiger charge is -2.31. The second-order valence-corrected chi connectivity index (χ2v) is 6.28. The summed E-state index contributed by atoms with van der Waals surface area (Å²) >= 11 is 0. The molecule has 0 bridgehead atoms. The monoisotopic (exact) mass is 339 g/mol. The summed E-state index contributed by atoms with van der Waals surface area (Å²) in [6, 6.07) is 4.10. The summed E-state index contributed by atoms with van der Waals surface area (Å²) in [5, 5.41) is 6.44. The van der Waals surface area contributed by atoms with Crippen molar-refractivity contribution in [3.8, 4) is 0 Å². The van der Waals surface area contributed by atoms with Crippen LogP contribution in [0.5, 0.6) is 0 Å². The van der Waals surface area contributed by atoms with E-state index in [0.29, 0.717) is 19.1 Å². The van der Waals surface area contributed by atoms with E-state index in [1.165, 1.54) is 18.2 Å². The van der Waals surface area contributed by atoms with Crippen molar-refractivity contribution in [2.45, 2.75) is 37.5 Å². The first kappa shape index (κ1) is 18.6. The van der Waals surface area contributed by atoms with Gasteiger partial charge in [0.05, 0.1) is 0 Å². The molecule has 0 heterocycles. The van der Waals surface area contributed by atoms with Crippen LogP contribution < -0.4 is 10.6 Å². The fourth-order valence-electron chi connectivity index (χ4n) is 3.47. The Morgan fingerprint density at radius 3 is 2.46 bits per heavy atom. The third-order valence-corrected chi connectivity index (χ3v) is 4.69. The predicted octanol–water partition coefficient (Wildman–Crippen LogP) is 2.98. The number of aliphatic imine (C=N–C) groups is 1. The van der Waals surface area contributed by atoms with Crippen LogP contribution in [0.4, 0.5) is 8.78 Å². The number of methoxy groups -OCH3 is 1. The molecule has 1 aliphatic rings. The first-order valence-corrected chi connectivity index (χ1v) is 8.51. The van der Waals surface area contributed by atoms with Gasteiger partial charge < -0.3 is 15.4 Å². The number of benzene rings is 1. The Kier molecular flexibility index (Phi) is 6.97. The van der Waals surface area contributed by atoms with Gasteiger partial charge in [0.25, 0.3) is 0 Å². The predicted molar refractivity (Wildman–Crippen MR) is 92.4 cm³/mol. The third-order valence-electron chi connectivity index (χ3n) is 4.69. The Bertz CT molecular complexity index is 537. The van der Waals surface area contributed by atoms with Gasteiger partial charge in [-0.3, -0.25) is 4.99 Å². The van der Waals surface area contributed by atoms with Gasteiger partial charge in [-0.15, -0.1) is 0 Å². The average Bonchev–Trinajstić information content (AvgIpc) is 3.04. The number of nitrogens with one attached hydrogen (secondary N) is 2. The lowest BCUT2D eigenvalue weighted by molar-refractivity contribution is 0.195. The van der Waals surface area contributed by atoms with Crippen LogP contribution in [0.2, 0.25) is 0 Å². The quantitative estimate of drug-likeness (QED) is 0.456. The van der Waals surface area contributed by atoms with Gasteiger partial charge in [-0.2, -0.15) is 0 Å². The van der Waals surface area contributed by atoms with Crippen LogP contribution in [0.15, 0.2) is 23.2 Å². The van der Waals surface area contributed by atoms with E-state index in [4.69, 9.17) is 4.74 Å². The lowest BCUT2D eigenvalue weighted by Crippen LogP contribution is -2.45. The Labute approximate surface area is 142 Å². The molecule has 0 radical (unpaired) electrons. The normalized spacial score (nSPS) is 17.1. The number of hydrogen-bond acceptors (Lipinski definition) is 2. The van der Waals surface area contributed by atoms with Crippen molar-refractivity contribution >= 4 is 5.96 Å². The van der Waals surface area contributed by atoms with Gasteiger partial charge in [-0.05, 0) is 31.4 Å². The molecule has 1 aromatic carbocycles. The van der Waals surface area contributed by atoms with Crippen LogP contribution in [-0.2, 0) is 10.2 Å². The average molecular weight is 339 g/mol. The van der Waals surface area contributed by atoms with E-state index in [2.05, 4.69) is 15.6 Å². The van der Waals surface area contributed by atoms with Crippen molar-refractivity contribution in [3.63, 3.8) is 0 Å². The molecule has 1 fully saturated rings. The molecule has 0 saturated heterocycles. The number of hydrogen-bond donors (Lipinski definition) is 2. The number of nitrogens with zero attached hydrogens (tertiary/aromatic N) is 1. The second-order valence-electron chi connectivity index (χ2n) is 6.28. The largest absolute Gasteiger partial charge is 0.385 e. The van der Waals surface area contributed by atoms with E-state index in [9.17, 15) is 8.78 Å². The molecule has 1 saturated carbocycles. The maximum Gasteiger partial charge on any atom is 0.191 e. The first-order valence-electron chi connectivity index (χ1n) is 8.51. The highest BCUT2D eigenvalue weighted by Crippen LogP contribution is 2.42. The maximum atomic E-state index is 14.3. The van der Waals surface area contributed by atoms with Crippen molar-refractivity contribution in [2.24, 2.45) is 4.99 Å².